The van der Waals surface area contributed by atoms with Crippen LogP contribution >= 0.6 is 11.8 Å². The molecule has 0 saturated carbocycles. The highest BCUT2D eigenvalue weighted by atomic mass is 32.2. The Labute approximate surface area is 199 Å². The van der Waals surface area contributed by atoms with Gasteiger partial charge in [0.15, 0.2) is 11.0 Å². The molecule has 33 heavy (non-hydrogen) atoms. The minimum Gasteiger partial charge on any atom is -0.486 e. The molecular formula is C25H31FN4O2S. The van der Waals surface area contributed by atoms with Gasteiger partial charge in [-0.1, -0.05) is 55.9 Å². The predicted octanol–water partition coefficient (Wildman–Crippen LogP) is 5.35. The van der Waals surface area contributed by atoms with Crippen LogP contribution in [-0.2, 0) is 17.9 Å². The van der Waals surface area contributed by atoms with Crippen molar-refractivity contribution in [3.05, 3.63) is 71.8 Å². The molecule has 0 saturated heterocycles. The van der Waals surface area contributed by atoms with Crippen molar-refractivity contribution in [2.75, 3.05) is 12.8 Å². The second-order valence-corrected chi connectivity index (χ2v) is 9.30. The summed E-state index contributed by atoms with van der Waals surface area (Å²) in [7, 11) is 1.76. The standard InChI is InChI=1S/C25H31FN4O2S/c1-18(2)14-15-30-23(16-32-22-8-6-5-7-9-22)27-28-25(30)33-17-24(31)29(4)19(3)20-10-12-21(26)13-11-20/h5-13,18-19H,14-17H2,1-4H3. The second kappa shape index (κ2) is 11.8. The molecule has 1 atom stereocenters. The number of para-hydroxylation sites is 1. The molecule has 1 aromatic heterocycles. The van der Waals surface area contributed by atoms with E-state index in [4.69, 9.17) is 4.74 Å². The summed E-state index contributed by atoms with van der Waals surface area (Å²) in [6.45, 7) is 7.35. The highest BCUT2D eigenvalue weighted by molar-refractivity contribution is 7.99. The van der Waals surface area contributed by atoms with Crippen LogP contribution in [0.3, 0.4) is 0 Å². The summed E-state index contributed by atoms with van der Waals surface area (Å²) < 4.78 is 21.1. The molecule has 2 aromatic carbocycles. The van der Waals surface area contributed by atoms with Crippen molar-refractivity contribution >= 4 is 17.7 Å². The summed E-state index contributed by atoms with van der Waals surface area (Å²) >= 11 is 1.38. The molecule has 0 bridgehead atoms. The number of rotatable bonds is 11. The van der Waals surface area contributed by atoms with E-state index in [0.717, 1.165) is 30.1 Å². The first-order chi connectivity index (χ1) is 15.8. The summed E-state index contributed by atoms with van der Waals surface area (Å²) in [5.74, 6) is 1.96. The number of ether oxygens (including phenoxy) is 1. The normalized spacial score (nSPS) is 12.1. The Hall–Kier alpha value is -2.87. The van der Waals surface area contributed by atoms with Crippen LogP contribution in [0.25, 0.3) is 0 Å². The molecule has 0 aliphatic carbocycles. The van der Waals surface area contributed by atoms with Crippen LogP contribution in [-0.4, -0.2) is 38.4 Å². The Morgan fingerprint density at radius 3 is 2.45 bits per heavy atom. The SMILES string of the molecule is CC(C)CCn1c(COc2ccccc2)nnc1SCC(=O)N(C)C(C)c1ccc(F)cc1. The first-order valence-corrected chi connectivity index (χ1v) is 12.1. The average molecular weight is 471 g/mol. The molecule has 1 heterocycles. The van der Waals surface area contributed by atoms with E-state index >= 15 is 0 Å². The topological polar surface area (TPSA) is 60.2 Å². The van der Waals surface area contributed by atoms with Crippen LogP contribution in [0.1, 0.15) is 44.6 Å². The predicted molar refractivity (Wildman–Crippen MR) is 129 cm³/mol. The van der Waals surface area contributed by atoms with Crippen molar-refractivity contribution in [2.45, 2.75) is 51.5 Å². The fourth-order valence-corrected chi connectivity index (χ4v) is 4.13. The van der Waals surface area contributed by atoms with Gasteiger partial charge in [0.25, 0.3) is 0 Å². The van der Waals surface area contributed by atoms with E-state index in [0.29, 0.717) is 17.7 Å². The molecular weight excluding hydrogens is 439 g/mol. The van der Waals surface area contributed by atoms with Crippen LogP contribution in [0, 0.1) is 11.7 Å². The highest BCUT2D eigenvalue weighted by Gasteiger charge is 2.20. The van der Waals surface area contributed by atoms with Crippen LogP contribution in [0.4, 0.5) is 4.39 Å². The Morgan fingerprint density at radius 1 is 1.09 bits per heavy atom. The van der Waals surface area contributed by atoms with E-state index in [1.807, 2.05) is 41.8 Å². The van der Waals surface area contributed by atoms with Gasteiger partial charge in [0.2, 0.25) is 5.91 Å². The Balaban J connectivity index is 1.65. The third-order valence-corrected chi connectivity index (χ3v) is 6.44. The van der Waals surface area contributed by atoms with Gasteiger partial charge in [-0.2, -0.15) is 0 Å². The van der Waals surface area contributed by atoms with Crippen molar-refractivity contribution in [3.63, 3.8) is 0 Å². The zero-order valence-electron chi connectivity index (χ0n) is 19.6. The molecule has 0 aliphatic rings. The van der Waals surface area contributed by atoms with Crippen LogP contribution in [0.5, 0.6) is 5.75 Å². The second-order valence-electron chi connectivity index (χ2n) is 8.36. The molecule has 0 radical (unpaired) electrons. The van der Waals surface area contributed by atoms with Crippen molar-refractivity contribution < 1.29 is 13.9 Å². The summed E-state index contributed by atoms with van der Waals surface area (Å²) in [4.78, 5) is 14.5. The molecule has 0 aliphatic heterocycles. The molecule has 176 valence electrons. The summed E-state index contributed by atoms with van der Waals surface area (Å²) in [6, 6.07) is 15.7. The van der Waals surface area contributed by atoms with E-state index in [-0.39, 0.29) is 23.5 Å². The lowest BCUT2D eigenvalue weighted by Crippen LogP contribution is -2.31. The van der Waals surface area contributed by atoms with Crippen LogP contribution in [0.15, 0.2) is 59.8 Å². The molecule has 0 spiro atoms. The largest absolute Gasteiger partial charge is 0.486 e. The number of nitrogens with zero attached hydrogens (tertiary/aromatic N) is 4. The summed E-state index contributed by atoms with van der Waals surface area (Å²) in [6.07, 6.45) is 0.972. The first-order valence-electron chi connectivity index (χ1n) is 11.1. The fourth-order valence-electron chi connectivity index (χ4n) is 3.22. The number of hydrogen-bond acceptors (Lipinski definition) is 5. The third kappa shape index (κ3) is 7.05. The van der Waals surface area contributed by atoms with Gasteiger partial charge in [-0.05, 0) is 49.1 Å². The van der Waals surface area contributed by atoms with Crippen molar-refractivity contribution in [1.82, 2.24) is 19.7 Å². The van der Waals surface area contributed by atoms with Gasteiger partial charge < -0.3 is 14.2 Å². The maximum absolute atomic E-state index is 13.2. The third-order valence-electron chi connectivity index (χ3n) is 5.49. The van der Waals surface area contributed by atoms with Crippen molar-refractivity contribution in [3.8, 4) is 5.75 Å². The van der Waals surface area contributed by atoms with E-state index in [1.54, 1.807) is 24.1 Å². The first kappa shape index (κ1) is 24.8. The maximum atomic E-state index is 13.2. The molecule has 6 nitrogen and oxygen atoms in total. The molecule has 3 aromatic rings. The van der Waals surface area contributed by atoms with Gasteiger partial charge in [-0.3, -0.25) is 4.79 Å². The Bertz CT molecular complexity index is 1020. The minimum atomic E-state index is -0.289. The lowest BCUT2D eigenvalue weighted by Gasteiger charge is -2.25. The smallest absolute Gasteiger partial charge is 0.233 e. The van der Waals surface area contributed by atoms with Gasteiger partial charge >= 0.3 is 0 Å². The minimum absolute atomic E-state index is 0.0303. The van der Waals surface area contributed by atoms with Gasteiger partial charge in [0.05, 0.1) is 11.8 Å². The Morgan fingerprint density at radius 2 is 1.79 bits per heavy atom. The number of hydrogen-bond donors (Lipinski definition) is 0. The molecule has 1 unspecified atom stereocenters. The van der Waals surface area contributed by atoms with Gasteiger partial charge in [0.1, 0.15) is 18.2 Å². The van der Waals surface area contributed by atoms with E-state index in [2.05, 4.69) is 24.0 Å². The number of benzene rings is 2. The molecule has 3 rings (SSSR count). The van der Waals surface area contributed by atoms with Crippen molar-refractivity contribution in [2.24, 2.45) is 5.92 Å². The number of halogens is 1. The maximum Gasteiger partial charge on any atom is 0.233 e. The molecule has 0 N–H and O–H groups in total. The zero-order valence-corrected chi connectivity index (χ0v) is 20.4. The Kier molecular flexibility index (Phi) is 8.88. The molecule has 0 fully saturated rings. The summed E-state index contributed by atoms with van der Waals surface area (Å²) in [5.41, 5.74) is 0.887. The number of aromatic nitrogens is 3. The lowest BCUT2D eigenvalue weighted by molar-refractivity contribution is -0.128. The van der Waals surface area contributed by atoms with Gasteiger partial charge in [0, 0.05) is 13.6 Å². The fraction of sp³-hybridized carbons (Fsp3) is 0.400. The number of amides is 1. The molecule has 8 heteroatoms. The number of carbonyl (C=O) groups excluding carboxylic acids is 1. The quantitative estimate of drug-likeness (QED) is 0.353. The highest BCUT2D eigenvalue weighted by Crippen LogP contribution is 2.23. The lowest BCUT2D eigenvalue weighted by atomic mass is 10.1. The molecule has 1 amide bonds. The number of thioether (sulfide) groups is 1. The summed E-state index contributed by atoms with van der Waals surface area (Å²) in [5, 5.41) is 9.37. The monoisotopic (exact) mass is 470 g/mol. The van der Waals surface area contributed by atoms with E-state index in [1.165, 1.54) is 23.9 Å². The van der Waals surface area contributed by atoms with Crippen LogP contribution in [0.2, 0.25) is 0 Å². The average Bonchev–Trinajstić information content (AvgIpc) is 3.21. The van der Waals surface area contributed by atoms with Gasteiger partial charge in [-0.25, -0.2) is 4.39 Å². The number of carbonyl (C=O) groups is 1. The van der Waals surface area contributed by atoms with E-state index in [9.17, 15) is 9.18 Å². The van der Waals surface area contributed by atoms with Crippen LogP contribution < -0.4 is 4.74 Å². The zero-order chi connectivity index (χ0) is 23.8. The van der Waals surface area contributed by atoms with Crippen molar-refractivity contribution in [1.29, 1.82) is 0 Å². The van der Waals surface area contributed by atoms with Gasteiger partial charge in [-0.15, -0.1) is 10.2 Å². The van der Waals surface area contributed by atoms with E-state index < -0.39 is 0 Å².